The second-order valence-corrected chi connectivity index (χ2v) is 5.21. The van der Waals surface area contributed by atoms with Gasteiger partial charge in [0.2, 0.25) is 6.08 Å². The highest BCUT2D eigenvalue weighted by atomic mass is 35.7. The Morgan fingerprint density at radius 2 is 2.00 bits per heavy atom. The second kappa shape index (κ2) is 3.92. The van der Waals surface area contributed by atoms with Crippen molar-refractivity contribution >= 4 is 31.5 Å². The summed E-state index contributed by atoms with van der Waals surface area (Å²) in [5, 5.41) is 0. The molecule has 6 heteroatoms. The van der Waals surface area contributed by atoms with Crippen molar-refractivity contribution in [2.75, 3.05) is 0 Å². The Bertz CT molecular complexity index is 503. The number of aryl methyl sites for hydroxylation is 1. The third-order valence-electron chi connectivity index (χ3n) is 1.49. The van der Waals surface area contributed by atoms with Crippen molar-refractivity contribution in [2.45, 2.75) is 11.8 Å². The predicted octanol–water partition coefficient (Wildman–Crippen LogP) is 1.89. The summed E-state index contributed by atoms with van der Waals surface area (Å²) in [6.07, 6.45) is 1.33. The molecule has 0 spiro atoms. The Kier molecular flexibility index (Phi) is 3.06. The van der Waals surface area contributed by atoms with Gasteiger partial charge in [0.1, 0.15) is 0 Å². The van der Waals surface area contributed by atoms with Crippen LogP contribution in [0.5, 0.6) is 0 Å². The highest BCUT2D eigenvalue weighted by molar-refractivity contribution is 8.13. The zero-order chi connectivity index (χ0) is 10.8. The summed E-state index contributed by atoms with van der Waals surface area (Å²) in [6, 6.07) is 4.16. The van der Waals surface area contributed by atoms with Crippen molar-refractivity contribution in [3.8, 4) is 0 Å². The average Bonchev–Trinajstić information content (AvgIpc) is 2.02. The maximum atomic E-state index is 11.0. The van der Waals surface area contributed by atoms with Gasteiger partial charge in [0.05, 0.1) is 10.6 Å². The standard InChI is InChI=1S/C8H6ClNO3S/c1-6-2-7(10-5-11)4-8(3-6)14(9,12)13/h2-4H,1H3. The minimum absolute atomic E-state index is 0.0758. The molecule has 0 N–H and O–H groups in total. The summed E-state index contributed by atoms with van der Waals surface area (Å²) in [5.74, 6) is 0. The molecule has 0 aliphatic carbocycles. The van der Waals surface area contributed by atoms with E-state index in [2.05, 4.69) is 4.99 Å². The Hall–Kier alpha value is -1.16. The first kappa shape index (κ1) is 10.9. The molecular weight excluding hydrogens is 226 g/mol. The summed E-state index contributed by atoms with van der Waals surface area (Å²) in [7, 11) is 1.35. The van der Waals surface area contributed by atoms with Gasteiger partial charge in [-0.05, 0) is 30.7 Å². The minimum Gasteiger partial charge on any atom is -0.211 e. The van der Waals surface area contributed by atoms with Crippen LogP contribution in [0.25, 0.3) is 0 Å². The Morgan fingerprint density at radius 3 is 2.50 bits per heavy atom. The smallest absolute Gasteiger partial charge is 0.211 e. The van der Waals surface area contributed by atoms with E-state index in [1.807, 2.05) is 0 Å². The lowest BCUT2D eigenvalue weighted by Crippen LogP contribution is -1.90. The van der Waals surface area contributed by atoms with E-state index < -0.39 is 9.05 Å². The van der Waals surface area contributed by atoms with Gasteiger partial charge in [0.15, 0.2) is 0 Å². The molecule has 0 fully saturated rings. The number of hydrogen-bond acceptors (Lipinski definition) is 4. The number of rotatable bonds is 2. The number of carbonyl (C=O) groups excluding carboxylic acids is 1. The topological polar surface area (TPSA) is 63.6 Å². The molecule has 14 heavy (non-hydrogen) atoms. The number of benzene rings is 1. The van der Waals surface area contributed by atoms with Crippen LogP contribution < -0.4 is 0 Å². The van der Waals surface area contributed by atoms with Gasteiger partial charge in [0.25, 0.3) is 9.05 Å². The predicted molar refractivity (Wildman–Crippen MR) is 52.0 cm³/mol. The number of aliphatic imine (C=N–C) groups is 1. The molecule has 74 valence electrons. The van der Waals surface area contributed by atoms with Crippen LogP contribution in [0.4, 0.5) is 5.69 Å². The van der Waals surface area contributed by atoms with Gasteiger partial charge in [0, 0.05) is 10.7 Å². The molecule has 0 saturated heterocycles. The van der Waals surface area contributed by atoms with Crippen molar-refractivity contribution in [2.24, 2.45) is 4.99 Å². The minimum atomic E-state index is -3.78. The molecular formula is C8H6ClNO3S. The van der Waals surface area contributed by atoms with Crippen LogP contribution in [0.15, 0.2) is 28.1 Å². The van der Waals surface area contributed by atoms with Crippen molar-refractivity contribution < 1.29 is 13.2 Å². The maximum Gasteiger partial charge on any atom is 0.261 e. The summed E-state index contributed by atoms with van der Waals surface area (Å²) in [4.78, 5) is 13.2. The molecule has 0 bridgehead atoms. The summed E-state index contributed by atoms with van der Waals surface area (Å²) < 4.78 is 21.9. The lowest BCUT2D eigenvalue weighted by molar-refractivity contribution is 0.565. The molecule has 0 radical (unpaired) electrons. The van der Waals surface area contributed by atoms with E-state index in [0.29, 0.717) is 5.56 Å². The summed E-state index contributed by atoms with van der Waals surface area (Å²) in [6.45, 7) is 1.68. The van der Waals surface area contributed by atoms with Gasteiger partial charge in [-0.1, -0.05) is 0 Å². The van der Waals surface area contributed by atoms with Gasteiger partial charge in [-0.3, -0.25) is 0 Å². The fraction of sp³-hybridized carbons (Fsp3) is 0.125. The third-order valence-corrected chi connectivity index (χ3v) is 2.83. The van der Waals surface area contributed by atoms with Crippen LogP contribution in [0, 0.1) is 6.92 Å². The molecule has 1 rings (SSSR count). The van der Waals surface area contributed by atoms with Crippen LogP contribution in [-0.2, 0) is 13.8 Å². The first-order valence-electron chi connectivity index (χ1n) is 3.58. The molecule has 0 aromatic heterocycles. The van der Waals surface area contributed by atoms with E-state index in [1.54, 1.807) is 13.0 Å². The summed E-state index contributed by atoms with van der Waals surface area (Å²) >= 11 is 0. The molecule has 0 saturated carbocycles. The molecule has 1 aromatic rings. The van der Waals surface area contributed by atoms with Gasteiger partial charge >= 0.3 is 0 Å². The van der Waals surface area contributed by atoms with Crippen LogP contribution >= 0.6 is 10.7 Å². The molecule has 1 aromatic carbocycles. The number of nitrogens with zero attached hydrogens (tertiary/aromatic N) is 1. The van der Waals surface area contributed by atoms with Gasteiger partial charge in [-0.15, -0.1) is 0 Å². The van der Waals surface area contributed by atoms with E-state index in [1.165, 1.54) is 18.2 Å². The number of halogens is 1. The van der Waals surface area contributed by atoms with Crippen LogP contribution in [0.1, 0.15) is 5.56 Å². The quantitative estimate of drug-likeness (QED) is 0.444. The van der Waals surface area contributed by atoms with Crippen molar-refractivity contribution in [1.82, 2.24) is 0 Å². The lowest BCUT2D eigenvalue weighted by atomic mass is 10.2. The van der Waals surface area contributed by atoms with E-state index in [0.717, 1.165) is 0 Å². The van der Waals surface area contributed by atoms with E-state index in [4.69, 9.17) is 10.7 Å². The fourth-order valence-corrected chi connectivity index (χ4v) is 1.84. The zero-order valence-corrected chi connectivity index (χ0v) is 8.76. The zero-order valence-electron chi connectivity index (χ0n) is 7.19. The molecule has 0 heterocycles. The molecule has 4 nitrogen and oxygen atoms in total. The largest absolute Gasteiger partial charge is 0.261 e. The lowest BCUT2D eigenvalue weighted by Gasteiger charge is -1.99. The average molecular weight is 232 g/mol. The third kappa shape index (κ3) is 2.67. The fourth-order valence-electron chi connectivity index (χ4n) is 0.986. The Labute approximate surface area is 85.7 Å². The molecule has 0 aliphatic heterocycles. The Balaban J connectivity index is 3.42. The van der Waals surface area contributed by atoms with Crippen molar-refractivity contribution in [1.29, 1.82) is 0 Å². The number of isocyanates is 1. The molecule has 0 amide bonds. The van der Waals surface area contributed by atoms with Crippen LogP contribution in [0.3, 0.4) is 0 Å². The van der Waals surface area contributed by atoms with E-state index in [9.17, 15) is 13.2 Å². The highest BCUT2D eigenvalue weighted by Gasteiger charge is 2.11. The van der Waals surface area contributed by atoms with Crippen LogP contribution in [-0.4, -0.2) is 14.5 Å². The molecule has 0 atom stereocenters. The maximum absolute atomic E-state index is 11.0. The Morgan fingerprint density at radius 1 is 1.36 bits per heavy atom. The van der Waals surface area contributed by atoms with Crippen molar-refractivity contribution in [3.05, 3.63) is 23.8 Å². The van der Waals surface area contributed by atoms with E-state index in [-0.39, 0.29) is 10.6 Å². The van der Waals surface area contributed by atoms with Crippen molar-refractivity contribution in [3.63, 3.8) is 0 Å². The SMILES string of the molecule is Cc1cc(N=C=O)cc(S(=O)(=O)Cl)c1. The van der Waals surface area contributed by atoms with E-state index >= 15 is 0 Å². The second-order valence-electron chi connectivity index (χ2n) is 2.65. The monoisotopic (exact) mass is 231 g/mol. The van der Waals surface area contributed by atoms with Crippen LogP contribution in [0.2, 0.25) is 0 Å². The molecule has 0 aliphatic rings. The first-order chi connectivity index (χ1) is 6.43. The molecule has 0 unspecified atom stereocenters. The normalized spacial score (nSPS) is 10.7. The first-order valence-corrected chi connectivity index (χ1v) is 5.88. The van der Waals surface area contributed by atoms with Gasteiger partial charge < -0.3 is 0 Å². The van der Waals surface area contributed by atoms with Gasteiger partial charge in [-0.2, -0.15) is 4.99 Å². The number of hydrogen-bond donors (Lipinski definition) is 0. The van der Waals surface area contributed by atoms with Gasteiger partial charge in [-0.25, -0.2) is 13.2 Å². The highest BCUT2D eigenvalue weighted by Crippen LogP contribution is 2.22. The summed E-state index contributed by atoms with van der Waals surface area (Å²) in [5.41, 5.74) is 0.875.